The van der Waals surface area contributed by atoms with Crippen molar-refractivity contribution in [1.29, 1.82) is 0 Å². The van der Waals surface area contributed by atoms with Crippen LogP contribution in [0.5, 0.6) is 0 Å². The SMILES string of the molecule is CC1CCC(Nc2cc(C(N)=O)ccc2Cl)C(C)C1. The zero-order valence-corrected chi connectivity index (χ0v) is 12.2. The molecule has 19 heavy (non-hydrogen) atoms. The van der Waals surface area contributed by atoms with E-state index in [1.54, 1.807) is 18.2 Å². The van der Waals surface area contributed by atoms with E-state index in [4.69, 9.17) is 17.3 Å². The Morgan fingerprint density at radius 2 is 2.11 bits per heavy atom. The molecular formula is C15H21ClN2O. The molecule has 2 rings (SSSR count). The number of amides is 1. The standard InChI is InChI=1S/C15H21ClN2O/c1-9-3-6-13(10(2)7-9)18-14-8-11(15(17)19)4-5-12(14)16/h4-5,8-10,13,18H,3,6-7H2,1-2H3,(H2,17,19). The molecule has 3 N–H and O–H groups in total. The summed E-state index contributed by atoms with van der Waals surface area (Å²) in [6.07, 6.45) is 3.60. The summed E-state index contributed by atoms with van der Waals surface area (Å²) in [4.78, 5) is 11.2. The average molecular weight is 281 g/mol. The summed E-state index contributed by atoms with van der Waals surface area (Å²) in [5.41, 5.74) is 6.60. The van der Waals surface area contributed by atoms with Crippen LogP contribution < -0.4 is 11.1 Å². The highest BCUT2D eigenvalue weighted by Gasteiger charge is 2.25. The molecule has 1 amide bonds. The number of nitrogens with one attached hydrogen (secondary N) is 1. The number of halogens is 1. The van der Waals surface area contributed by atoms with E-state index in [2.05, 4.69) is 19.2 Å². The van der Waals surface area contributed by atoms with E-state index in [-0.39, 0.29) is 0 Å². The molecule has 0 heterocycles. The second-order valence-corrected chi connectivity index (χ2v) is 6.11. The van der Waals surface area contributed by atoms with Gasteiger partial charge in [0.15, 0.2) is 0 Å². The van der Waals surface area contributed by atoms with Gasteiger partial charge in [-0.3, -0.25) is 4.79 Å². The van der Waals surface area contributed by atoms with Crippen LogP contribution in [0.1, 0.15) is 43.5 Å². The first-order valence-electron chi connectivity index (χ1n) is 6.83. The van der Waals surface area contributed by atoms with E-state index in [1.165, 1.54) is 12.8 Å². The van der Waals surface area contributed by atoms with Crippen LogP contribution in [0.25, 0.3) is 0 Å². The number of anilines is 1. The van der Waals surface area contributed by atoms with Gasteiger partial charge >= 0.3 is 0 Å². The third-order valence-electron chi connectivity index (χ3n) is 4.02. The normalized spacial score (nSPS) is 27.0. The Kier molecular flexibility index (Phi) is 4.35. The highest BCUT2D eigenvalue weighted by Crippen LogP contribution is 2.32. The molecule has 1 fully saturated rings. The van der Waals surface area contributed by atoms with Gasteiger partial charge in [0.2, 0.25) is 5.91 Å². The van der Waals surface area contributed by atoms with Gasteiger partial charge in [0, 0.05) is 11.6 Å². The van der Waals surface area contributed by atoms with E-state index in [0.29, 0.717) is 22.5 Å². The summed E-state index contributed by atoms with van der Waals surface area (Å²) in [6, 6.07) is 5.54. The molecule has 0 aliphatic heterocycles. The molecule has 104 valence electrons. The summed E-state index contributed by atoms with van der Waals surface area (Å²) in [6.45, 7) is 4.56. The lowest BCUT2D eigenvalue weighted by Gasteiger charge is -2.34. The molecule has 4 heteroatoms. The third-order valence-corrected chi connectivity index (χ3v) is 4.35. The van der Waals surface area contributed by atoms with Crippen molar-refractivity contribution in [3.05, 3.63) is 28.8 Å². The predicted molar refractivity (Wildman–Crippen MR) is 79.6 cm³/mol. The van der Waals surface area contributed by atoms with Gasteiger partial charge in [0.05, 0.1) is 10.7 Å². The molecule has 1 saturated carbocycles. The Labute approximate surface area is 119 Å². The molecule has 3 unspecified atom stereocenters. The molecule has 1 aromatic rings. The quantitative estimate of drug-likeness (QED) is 0.887. The maximum atomic E-state index is 11.2. The average Bonchev–Trinajstić information content (AvgIpc) is 2.34. The fourth-order valence-corrected chi connectivity index (χ4v) is 3.04. The molecule has 3 nitrogen and oxygen atoms in total. The molecule has 0 radical (unpaired) electrons. The molecule has 1 aliphatic carbocycles. The number of benzene rings is 1. The van der Waals surface area contributed by atoms with Crippen molar-refractivity contribution in [2.45, 2.75) is 39.2 Å². The molecule has 0 saturated heterocycles. The van der Waals surface area contributed by atoms with E-state index in [1.807, 2.05) is 0 Å². The number of primary amides is 1. The maximum Gasteiger partial charge on any atom is 0.248 e. The minimum Gasteiger partial charge on any atom is -0.381 e. The number of carbonyl (C=O) groups excluding carboxylic acids is 1. The highest BCUT2D eigenvalue weighted by atomic mass is 35.5. The maximum absolute atomic E-state index is 11.2. The summed E-state index contributed by atoms with van der Waals surface area (Å²) in [5.74, 6) is 0.975. The van der Waals surface area contributed by atoms with E-state index < -0.39 is 5.91 Å². The monoisotopic (exact) mass is 280 g/mol. The van der Waals surface area contributed by atoms with Gasteiger partial charge < -0.3 is 11.1 Å². The number of rotatable bonds is 3. The van der Waals surface area contributed by atoms with Crippen LogP contribution in [0.15, 0.2) is 18.2 Å². The third kappa shape index (κ3) is 3.41. The lowest BCUT2D eigenvalue weighted by atomic mass is 9.80. The van der Waals surface area contributed by atoms with Crippen LogP contribution in [-0.2, 0) is 0 Å². The van der Waals surface area contributed by atoms with E-state index in [0.717, 1.165) is 18.0 Å². The van der Waals surface area contributed by atoms with Crippen molar-refractivity contribution in [2.75, 3.05) is 5.32 Å². The lowest BCUT2D eigenvalue weighted by Crippen LogP contribution is -2.33. The van der Waals surface area contributed by atoms with E-state index >= 15 is 0 Å². The Morgan fingerprint density at radius 3 is 2.74 bits per heavy atom. The Balaban J connectivity index is 2.14. The predicted octanol–water partition coefficient (Wildman–Crippen LogP) is 3.68. The summed E-state index contributed by atoms with van der Waals surface area (Å²) in [5, 5.41) is 4.11. The topological polar surface area (TPSA) is 55.1 Å². The first kappa shape index (κ1) is 14.2. The van der Waals surface area contributed by atoms with Gasteiger partial charge in [0.25, 0.3) is 0 Å². The van der Waals surface area contributed by atoms with Crippen molar-refractivity contribution in [1.82, 2.24) is 0 Å². The summed E-state index contributed by atoms with van der Waals surface area (Å²) < 4.78 is 0. The van der Waals surface area contributed by atoms with Gasteiger partial charge in [-0.25, -0.2) is 0 Å². The Morgan fingerprint density at radius 1 is 1.37 bits per heavy atom. The molecule has 0 aromatic heterocycles. The number of carbonyl (C=O) groups is 1. The fraction of sp³-hybridized carbons (Fsp3) is 0.533. The first-order valence-corrected chi connectivity index (χ1v) is 7.21. The number of hydrogen-bond donors (Lipinski definition) is 2. The molecule has 0 bridgehead atoms. The minimum atomic E-state index is -0.426. The Hall–Kier alpha value is -1.22. The van der Waals surface area contributed by atoms with Gasteiger partial charge in [-0.15, -0.1) is 0 Å². The highest BCUT2D eigenvalue weighted by molar-refractivity contribution is 6.33. The lowest BCUT2D eigenvalue weighted by molar-refractivity contribution is 0.100. The van der Waals surface area contributed by atoms with Crippen LogP contribution in [0, 0.1) is 11.8 Å². The molecule has 1 aliphatic rings. The van der Waals surface area contributed by atoms with Gasteiger partial charge in [-0.05, 0) is 49.3 Å². The largest absolute Gasteiger partial charge is 0.381 e. The second-order valence-electron chi connectivity index (χ2n) is 5.71. The van der Waals surface area contributed by atoms with Crippen molar-refractivity contribution in [3.63, 3.8) is 0 Å². The van der Waals surface area contributed by atoms with Crippen molar-refractivity contribution in [3.8, 4) is 0 Å². The second kappa shape index (κ2) is 5.83. The van der Waals surface area contributed by atoms with Gasteiger partial charge in [-0.2, -0.15) is 0 Å². The summed E-state index contributed by atoms with van der Waals surface area (Å²) in [7, 11) is 0. The van der Waals surface area contributed by atoms with Gasteiger partial charge in [-0.1, -0.05) is 25.4 Å². The zero-order chi connectivity index (χ0) is 14.0. The van der Waals surface area contributed by atoms with Crippen LogP contribution >= 0.6 is 11.6 Å². The van der Waals surface area contributed by atoms with Crippen LogP contribution in [0.4, 0.5) is 5.69 Å². The van der Waals surface area contributed by atoms with Gasteiger partial charge in [0.1, 0.15) is 0 Å². The summed E-state index contributed by atoms with van der Waals surface area (Å²) >= 11 is 6.18. The molecule has 0 spiro atoms. The zero-order valence-electron chi connectivity index (χ0n) is 11.4. The van der Waals surface area contributed by atoms with E-state index in [9.17, 15) is 4.79 Å². The smallest absolute Gasteiger partial charge is 0.248 e. The van der Waals surface area contributed by atoms with Crippen LogP contribution in [0.3, 0.4) is 0 Å². The first-order chi connectivity index (χ1) is 8.97. The Bertz CT molecular complexity index is 475. The van der Waals surface area contributed by atoms with Crippen LogP contribution in [-0.4, -0.2) is 11.9 Å². The van der Waals surface area contributed by atoms with Crippen molar-refractivity contribution in [2.24, 2.45) is 17.6 Å². The van der Waals surface area contributed by atoms with Crippen LogP contribution in [0.2, 0.25) is 5.02 Å². The molecule has 1 aromatic carbocycles. The van der Waals surface area contributed by atoms with Crippen molar-refractivity contribution >= 4 is 23.2 Å². The fourth-order valence-electron chi connectivity index (χ4n) is 2.87. The molecule has 3 atom stereocenters. The van der Waals surface area contributed by atoms with Crippen molar-refractivity contribution < 1.29 is 4.79 Å². The molecular weight excluding hydrogens is 260 g/mol. The minimum absolute atomic E-state index is 0.414. The number of hydrogen-bond acceptors (Lipinski definition) is 2. The number of nitrogens with two attached hydrogens (primary N) is 1.